The third-order valence-corrected chi connectivity index (χ3v) is 3.46. The molecular weight excluding hydrogens is 342 g/mol. The van der Waals surface area contributed by atoms with Crippen molar-refractivity contribution in [3.05, 3.63) is 65.7 Å². The number of aromatic nitrogens is 4. The van der Waals surface area contributed by atoms with Crippen LogP contribution in [0, 0.1) is 18.6 Å². The number of carbonyl (C=O) groups is 1. The molecule has 0 radical (unpaired) electrons. The van der Waals surface area contributed by atoms with E-state index in [1.54, 1.807) is 36.1 Å². The van der Waals surface area contributed by atoms with Gasteiger partial charge in [-0.25, -0.2) is 23.4 Å². The number of halogens is 2. The molecule has 7 nitrogen and oxygen atoms in total. The van der Waals surface area contributed by atoms with Gasteiger partial charge in [-0.3, -0.25) is 4.79 Å². The second-order valence-electron chi connectivity index (χ2n) is 5.42. The zero-order chi connectivity index (χ0) is 18.5. The molecule has 2 N–H and O–H groups in total. The molecule has 0 aliphatic heterocycles. The van der Waals surface area contributed by atoms with E-state index in [0.717, 1.165) is 12.1 Å². The minimum atomic E-state index is -1.06. The van der Waals surface area contributed by atoms with E-state index in [4.69, 9.17) is 0 Å². The van der Waals surface area contributed by atoms with Crippen molar-refractivity contribution in [1.29, 1.82) is 0 Å². The topological polar surface area (TPSA) is 84.7 Å². The van der Waals surface area contributed by atoms with Crippen LogP contribution in [0.25, 0.3) is 5.82 Å². The van der Waals surface area contributed by atoms with Crippen LogP contribution in [0.1, 0.15) is 16.2 Å². The first-order chi connectivity index (χ1) is 12.5. The maximum Gasteiger partial charge on any atom is 0.251 e. The van der Waals surface area contributed by atoms with Gasteiger partial charge in [-0.1, -0.05) is 0 Å². The van der Waals surface area contributed by atoms with E-state index in [9.17, 15) is 13.6 Å². The molecule has 2 aromatic heterocycles. The normalized spacial score (nSPS) is 10.6. The molecule has 0 aliphatic carbocycles. The molecule has 0 atom stereocenters. The molecule has 3 rings (SSSR count). The zero-order valence-electron chi connectivity index (χ0n) is 13.9. The number of benzene rings is 1. The monoisotopic (exact) mass is 358 g/mol. The van der Waals surface area contributed by atoms with Crippen LogP contribution in [0.4, 0.5) is 14.6 Å². The van der Waals surface area contributed by atoms with Gasteiger partial charge >= 0.3 is 0 Å². The van der Waals surface area contributed by atoms with Gasteiger partial charge in [-0.05, 0) is 31.2 Å². The quantitative estimate of drug-likeness (QED) is 0.659. The Morgan fingerprint density at radius 3 is 2.73 bits per heavy atom. The van der Waals surface area contributed by atoms with Gasteiger partial charge in [-0.15, -0.1) is 0 Å². The van der Waals surface area contributed by atoms with E-state index in [0.29, 0.717) is 24.0 Å². The van der Waals surface area contributed by atoms with E-state index in [1.807, 2.05) is 0 Å². The lowest BCUT2D eigenvalue weighted by Crippen LogP contribution is -2.29. The highest BCUT2D eigenvalue weighted by atomic mass is 19.2. The van der Waals surface area contributed by atoms with Gasteiger partial charge in [0.15, 0.2) is 17.5 Å². The van der Waals surface area contributed by atoms with Crippen LogP contribution in [-0.4, -0.2) is 38.7 Å². The fourth-order valence-electron chi connectivity index (χ4n) is 2.27. The highest BCUT2D eigenvalue weighted by Crippen LogP contribution is 2.10. The highest BCUT2D eigenvalue weighted by Gasteiger charge is 2.09. The van der Waals surface area contributed by atoms with Crippen molar-refractivity contribution in [3.8, 4) is 5.82 Å². The highest BCUT2D eigenvalue weighted by molar-refractivity contribution is 5.94. The smallest absolute Gasteiger partial charge is 0.251 e. The summed E-state index contributed by atoms with van der Waals surface area (Å²) >= 11 is 0. The van der Waals surface area contributed by atoms with E-state index >= 15 is 0 Å². The van der Waals surface area contributed by atoms with Gasteiger partial charge in [0.2, 0.25) is 0 Å². The molecule has 1 aromatic carbocycles. The summed E-state index contributed by atoms with van der Waals surface area (Å²) in [5, 5.41) is 9.81. The molecule has 134 valence electrons. The molecule has 0 spiro atoms. The van der Waals surface area contributed by atoms with Gasteiger partial charge in [-0.2, -0.15) is 5.10 Å². The van der Waals surface area contributed by atoms with Crippen molar-refractivity contribution >= 4 is 11.7 Å². The lowest BCUT2D eigenvalue weighted by atomic mass is 10.2. The number of aryl methyl sites for hydroxylation is 1. The first kappa shape index (κ1) is 17.5. The van der Waals surface area contributed by atoms with Crippen molar-refractivity contribution in [2.75, 3.05) is 18.4 Å². The first-order valence-corrected chi connectivity index (χ1v) is 7.86. The van der Waals surface area contributed by atoms with Gasteiger partial charge in [0.25, 0.3) is 5.91 Å². The molecule has 3 aromatic rings. The van der Waals surface area contributed by atoms with Crippen LogP contribution in [0.3, 0.4) is 0 Å². The Bertz CT molecular complexity index is 914. The van der Waals surface area contributed by atoms with Crippen molar-refractivity contribution in [2.24, 2.45) is 0 Å². The molecule has 0 fully saturated rings. The number of nitrogens with one attached hydrogen (secondary N) is 2. The molecule has 0 unspecified atom stereocenters. The predicted octanol–water partition coefficient (Wildman–Crippen LogP) is 2.09. The van der Waals surface area contributed by atoms with Crippen molar-refractivity contribution in [2.45, 2.75) is 6.92 Å². The standard InChI is InChI=1S/C17H16F2N6O/c1-11-23-15(10-16(24-11)25-8-2-5-22-25)20-6-7-21-17(26)12-3-4-13(18)14(19)9-12/h2-5,8-10H,6-7H2,1H3,(H,21,26)(H,20,23,24). The fourth-order valence-corrected chi connectivity index (χ4v) is 2.27. The minimum absolute atomic E-state index is 0.0581. The zero-order valence-corrected chi connectivity index (χ0v) is 13.9. The molecular formula is C17H16F2N6O. The Labute approximate surface area is 148 Å². The molecule has 0 bridgehead atoms. The van der Waals surface area contributed by atoms with Crippen molar-refractivity contribution < 1.29 is 13.6 Å². The Balaban J connectivity index is 1.55. The summed E-state index contributed by atoms with van der Waals surface area (Å²) in [6.45, 7) is 2.44. The predicted molar refractivity (Wildman–Crippen MR) is 91.1 cm³/mol. The number of hydrogen-bond acceptors (Lipinski definition) is 5. The Morgan fingerprint density at radius 2 is 2.00 bits per heavy atom. The van der Waals surface area contributed by atoms with E-state index in [1.165, 1.54) is 6.07 Å². The number of hydrogen-bond donors (Lipinski definition) is 2. The largest absolute Gasteiger partial charge is 0.368 e. The third kappa shape index (κ3) is 4.18. The van der Waals surface area contributed by atoms with Crippen molar-refractivity contribution in [3.63, 3.8) is 0 Å². The number of carbonyl (C=O) groups excluding carboxylic acids is 1. The fraction of sp³-hybridized carbons (Fsp3) is 0.176. The lowest BCUT2D eigenvalue weighted by Gasteiger charge is -2.10. The average molecular weight is 358 g/mol. The van der Waals surface area contributed by atoms with Crippen LogP contribution in [0.2, 0.25) is 0 Å². The number of amides is 1. The van der Waals surface area contributed by atoms with Gasteiger partial charge in [0.1, 0.15) is 11.6 Å². The summed E-state index contributed by atoms with van der Waals surface area (Å²) in [7, 11) is 0. The van der Waals surface area contributed by atoms with E-state index in [2.05, 4.69) is 25.7 Å². The maximum atomic E-state index is 13.2. The molecule has 0 saturated carbocycles. The molecule has 2 heterocycles. The lowest BCUT2D eigenvalue weighted by molar-refractivity contribution is 0.0954. The summed E-state index contributed by atoms with van der Waals surface area (Å²) in [6.07, 6.45) is 3.42. The van der Waals surface area contributed by atoms with Crippen LogP contribution >= 0.6 is 0 Å². The summed E-state index contributed by atoms with van der Waals surface area (Å²) in [6, 6.07) is 6.53. The van der Waals surface area contributed by atoms with Crippen LogP contribution in [-0.2, 0) is 0 Å². The summed E-state index contributed by atoms with van der Waals surface area (Å²) in [5.74, 6) is -0.747. The molecule has 1 amide bonds. The number of rotatable bonds is 6. The van der Waals surface area contributed by atoms with Crippen LogP contribution in [0.5, 0.6) is 0 Å². The van der Waals surface area contributed by atoms with Crippen LogP contribution in [0.15, 0.2) is 42.7 Å². The van der Waals surface area contributed by atoms with Gasteiger partial charge in [0, 0.05) is 37.1 Å². The SMILES string of the molecule is Cc1nc(NCCNC(=O)c2ccc(F)c(F)c2)cc(-n2cccn2)n1. The second kappa shape index (κ2) is 7.68. The van der Waals surface area contributed by atoms with Gasteiger partial charge < -0.3 is 10.6 Å². The maximum absolute atomic E-state index is 13.2. The summed E-state index contributed by atoms with van der Waals surface area (Å²) in [5.41, 5.74) is 0.0581. The van der Waals surface area contributed by atoms with Crippen molar-refractivity contribution in [1.82, 2.24) is 25.1 Å². The average Bonchev–Trinajstić information content (AvgIpc) is 3.15. The Hall–Kier alpha value is -3.36. The number of anilines is 1. The third-order valence-electron chi connectivity index (χ3n) is 3.46. The number of nitrogens with zero attached hydrogens (tertiary/aromatic N) is 4. The summed E-state index contributed by atoms with van der Waals surface area (Å²) < 4.78 is 27.7. The Morgan fingerprint density at radius 1 is 1.15 bits per heavy atom. The van der Waals surface area contributed by atoms with Gasteiger partial charge in [0.05, 0.1) is 0 Å². The van der Waals surface area contributed by atoms with Crippen LogP contribution < -0.4 is 10.6 Å². The molecule has 26 heavy (non-hydrogen) atoms. The molecule has 9 heteroatoms. The first-order valence-electron chi connectivity index (χ1n) is 7.86. The summed E-state index contributed by atoms with van der Waals surface area (Å²) in [4.78, 5) is 20.5. The second-order valence-corrected chi connectivity index (χ2v) is 5.42. The molecule has 0 aliphatic rings. The molecule has 0 saturated heterocycles. The Kier molecular flexibility index (Phi) is 5.16. The van der Waals surface area contributed by atoms with E-state index < -0.39 is 17.5 Å². The van der Waals surface area contributed by atoms with E-state index in [-0.39, 0.29) is 12.1 Å². The minimum Gasteiger partial charge on any atom is -0.368 e.